The zero-order chi connectivity index (χ0) is 15.7. The highest BCUT2D eigenvalue weighted by molar-refractivity contribution is 5.91. The summed E-state index contributed by atoms with van der Waals surface area (Å²) in [5.74, 6) is 1.94. The van der Waals surface area contributed by atoms with Crippen LogP contribution < -0.4 is 0 Å². The number of hydrogen-bond acceptors (Lipinski definition) is 2. The molecule has 2 nitrogen and oxygen atoms in total. The summed E-state index contributed by atoms with van der Waals surface area (Å²) >= 11 is 0. The number of alkyl halides is 1. The lowest BCUT2D eigenvalue weighted by atomic mass is 9.45. The van der Waals surface area contributed by atoms with E-state index in [0.717, 1.165) is 44.9 Å². The van der Waals surface area contributed by atoms with Crippen molar-refractivity contribution in [2.75, 3.05) is 0 Å². The van der Waals surface area contributed by atoms with Gasteiger partial charge in [-0.2, -0.15) is 0 Å². The number of halogens is 1. The van der Waals surface area contributed by atoms with E-state index in [1.807, 2.05) is 6.92 Å². The van der Waals surface area contributed by atoms with Gasteiger partial charge in [-0.1, -0.05) is 13.8 Å². The molecule has 3 heteroatoms. The summed E-state index contributed by atoms with van der Waals surface area (Å²) in [5, 5.41) is 10.0. The van der Waals surface area contributed by atoms with Crippen molar-refractivity contribution in [2.24, 2.45) is 34.5 Å². The zero-order valence-corrected chi connectivity index (χ0v) is 13.9. The van der Waals surface area contributed by atoms with Crippen LogP contribution in [0.2, 0.25) is 0 Å². The first-order valence-corrected chi connectivity index (χ1v) is 9.23. The Hall–Kier alpha value is -0.440. The second-order valence-corrected chi connectivity index (χ2v) is 9.11. The Kier molecular flexibility index (Phi) is 3.28. The van der Waals surface area contributed by atoms with Crippen LogP contribution in [0.15, 0.2) is 0 Å². The van der Waals surface area contributed by atoms with Gasteiger partial charge in [0.25, 0.3) is 0 Å². The fourth-order valence-corrected chi connectivity index (χ4v) is 6.98. The summed E-state index contributed by atoms with van der Waals surface area (Å²) in [6, 6.07) is 0. The smallest absolute Gasteiger partial charge is 0.173 e. The van der Waals surface area contributed by atoms with Crippen molar-refractivity contribution in [3.05, 3.63) is 0 Å². The molecule has 124 valence electrons. The largest absolute Gasteiger partial charge is 0.393 e. The van der Waals surface area contributed by atoms with Crippen LogP contribution in [0, 0.1) is 34.5 Å². The number of aliphatic hydroxyl groups is 1. The summed E-state index contributed by atoms with van der Waals surface area (Å²) in [6.07, 6.45) is 6.37. The second kappa shape index (κ2) is 4.78. The van der Waals surface area contributed by atoms with Gasteiger partial charge in [0.1, 0.15) is 0 Å². The number of carbonyl (C=O) groups is 1. The van der Waals surface area contributed by atoms with Gasteiger partial charge < -0.3 is 5.11 Å². The van der Waals surface area contributed by atoms with E-state index in [9.17, 15) is 14.3 Å². The SMILES string of the molecule is C[C@]12CCC3C(CC[C@H]4C[C@@H](O)CC[C@]34C)C1C[C@@H](F)C2=O. The molecular formula is C19H29FO2. The molecule has 0 spiro atoms. The zero-order valence-electron chi connectivity index (χ0n) is 13.9. The minimum atomic E-state index is -1.22. The Morgan fingerprint density at radius 1 is 1.05 bits per heavy atom. The van der Waals surface area contributed by atoms with Crippen LogP contribution in [0.4, 0.5) is 4.39 Å². The molecule has 22 heavy (non-hydrogen) atoms. The highest BCUT2D eigenvalue weighted by Gasteiger charge is 2.62. The van der Waals surface area contributed by atoms with Gasteiger partial charge in [-0.25, -0.2) is 4.39 Å². The fraction of sp³-hybridized carbons (Fsp3) is 0.947. The normalized spacial score (nSPS) is 57.9. The molecule has 8 atom stereocenters. The van der Waals surface area contributed by atoms with Crippen molar-refractivity contribution in [2.45, 2.75) is 77.5 Å². The molecule has 0 saturated heterocycles. The highest BCUT2D eigenvalue weighted by atomic mass is 19.1. The van der Waals surface area contributed by atoms with E-state index in [0.29, 0.717) is 29.6 Å². The molecule has 0 radical (unpaired) electrons. The molecule has 3 unspecified atom stereocenters. The minimum absolute atomic E-state index is 0.109. The van der Waals surface area contributed by atoms with Crippen molar-refractivity contribution in [1.82, 2.24) is 0 Å². The van der Waals surface area contributed by atoms with Gasteiger partial charge in [0, 0.05) is 5.41 Å². The fourth-order valence-electron chi connectivity index (χ4n) is 6.98. The van der Waals surface area contributed by atoms with Crippen LogP contribution >= 0.6 is 0 Å². The summed E-state index contributed by atoms with van der Waals surface area (Å²) in [4.78, 5) is 12.3. The standard InChI is InChI=1S/C19H29FO2/c1-18-7-5-12(21)9-11(18)3-4-13-14(18)6-8-19(2)15(13)10-16(20)17(19)22/h11-16,21H,3-10H2,1-2H3/t11-,12-,13?,14?,15?,16+,18-,19-/m0/s1. The van der Waals surface area contributed by atoms with Gasteiger partial charge in [0.15, 0.2) is 12.0 Å². The van der Waals surface area contributed by atoms with E-state index in [1.54, 1.807) is 0 Å². The summed E-state index contributed by atoms with van der Waals surface area (Å²) < 4.78 is 14.1. The van der Waals surface area contributed by atoms with Crippen LogP contribution in [0.25, 0.3) is 0 Å². The maximum Gasteiger partial charge on any atom is 0.173 e. The third kappa shape index (κ3) is 1.84. The summed E-state index contributed by atoms with van der Waals surface area (Å²) in [6.45, 7) is 4.46. The average molecular weight is 308 g/mol. The van der Waals surface area contributed by atoms with Crippen molar-refractivity contribution in [3.63, 3.8) is 0 Å². The van der Waals surface area contributed by atoms with Gasteiger partial charge in [-0.15, -0.1) is 0 Å². The first-order chi connectivity index (χ1) is 10.4. The van der Waals surface area contributed by atoms with Gasteiger partial charge in [0.2, 0.25) is 0 Å². The lowest BCUT2D eigenvalue weighted by molar-refractivity contribution is -0.143. The molecule has 0 amide bonds. The van der Waals surface area contributed by atoms with Crippen LogP contribution in [-0.4, -0.2) is 23.2 Å². The molecular weight excluding hydrogens is 279 g/mol. The van der Waals surface area contributed by atoms with Gasteiger partial charge in [-0.3, -0.25) is 4.79 Å². The van der Waals surface area contributed by atoms with Crippen LogP contribution in [0.1, 0.15) is 65.2 Å². The molecule has 0 aromatic carbocycles. The predicted octanol–water partition coefficient (Wildman–Crippen LogP) is 3.91. The lowest BCUT2D eigenvalue weighted by Crippen LogP contribution is -2.54. The highest BCUT2D eigenvalue weighted by Crippen LogP contribution is 2.65. The van der Waals surface area contributed by atoms with E-state index in [4.69, 9.17) is 0 Å². The molecule has 4 saturated carbocycles. The Bertz CT molecular complexity index is 492. The molecule has 4 fully saturated rings. The molecule has 1 N–H and O–H groups in total. The van der Waals surface area contributed by atoms with E-state index in [2.05, 4.69) is 6.92 Å². The Labute approximate surface area is 132 Å². The van der Waals surface area contributed by atoms with Crippen molar-refractivity contribution in [1.29, 1.82) is 0 Å². The predicted molar refractivity (Wildman–Crippen MR) is 83.0 cm³/mol. The van der Waals surface area contributed by atoms with Crippen molar-refractivity contribution >= 4 is 5.78 Å². The number of aliphatic hydroxyl groups excluding tert-OH is 1. The maximum atomic E-state index is 14.1. The second-order valence-electron chi connectivity index (χ2n) is 9.11. The first-order valence-electron chi connectivity index (χ1n) is 9.23. The van der Waals surface area contributed by atoms with Crippen LogP contribution in [0.5, 0.6) is 0 Å². The summed E-state index contributed by atoms with van der Waals surface area (Å²) in [7, 11) is 0. The number of ketones is 1. The Morgan fingerprint density at radius 2 is 1.82 bits per heavy atom. The maximum absolute atomic E-state index is 14.1. The Morgan fingerprint density at radius 3 is 2.59 bits per heavy atom. The monoisotopic (exact) mass is 308 g/mol. The van der Waals surface area contributed by atoms with E-state index in [1.165, 1.54) is 0 Å². The molecule has 0 aromatic rings. The third-order valence-electron chi connectivity index (χ3n) is 8.34. The van der Waals surface area contributed by atoms with Gasteiger partial charge >= 0.3 is 0 Å². The molecule has 0 aromatic heterocycles. The average Bonchev–Trinajstić information content (AvgIpc) is 2.72. The van der Waals surface area contributed by atoms with Crippen molar-refractivity contribution < 1.29 is 14.3 Å². The number of carbonyl (C=O) groups excluding carboxylic acids is 1. The lowest BCUT2D eigenvalue weighted by Gasteiger charge is -2.59. The quantitative estimate of drug-likeness (QED) is 0.737. The van der Waals surface area contributed by atoms with Gasteiger partial charge in [0.05, 0.1) is 6.10 Å². The van der Waals surface area contributed by atoms with Crippen LogP contribution in [0.3, 0.4) is 0 Å². The number of Topliss-reactive ketones (excluding diaryl/α,β-unsaturated/α-hetero) is 1. The molecule has 4 aliphatic rings. The number of fused-ring (bicyclic) bond motifs is 5. The van der Waals surface area contributed by atoms with E-state index in [-0.39, 0.29) is 17.8 Å². The third-order valence-corrected chi connectivity index (χ3v) is 8.34. The van der Waals surface area contributed by atoms with E-state index >= 15 is 0 Å². The minimum Gasteiger partial charge on any atom is -0.393 e. The van der Waals surface area contributed by atoms with Gasteiger partial charge in [-0.05, 0) is 80.5 Å². The van der Waals surface area contributed by atoms with Crippen LogP contribution in [-0.2, 0) is 4.79 Å². The molecule has 0 heterocycles. The number of hydrogen-bond donors (Lipinski definition) is 1. The van der Waals surface area contributed by atoms with Crippen molar-refractivity contribution in [3.8, 4) is 0 Å². The molecule has 0 bridgehead atoms. The summed E-state index contributed by atoms with van der Waals surface area (Å²) in [5.41, 5.74) is -0.0844. The Balaban J connectivity index is 1.64. The molecule has 4 aliphatic carbocycles. The molecule has 0 aliphatic heterocycles. The number of rotatable bonds is 0. The molecule has 4 rings (SSSR count). The topological polar surface area (TPSA) is 37.3 Å². The first kappa shape index (κ1) is 15.1. The van der Waals surface area contributed by atoms with E-state index < -0.39 is 11.6 Å².